The van der Waals surface area contributed by atoms with E-state index in [-0.39, 0.29) is 24.1 Å². The zero-order chi connectivity index (χ0) is 15.4. The minimum atomic E-state index is -0.500. The lowest BCUT2D eigenvalue weighted by Gasteiger charge is -2.07. The summed E-state index contributed by atoms with van der Waals surface area (Å²) in [5.41, 5.74) is 7.79. The van der Waals surface area contributed by atoms with Crippen molar-refractivity contribution < 1.29 is 9.13 Å². The maximum absolute atomic E-state index is 13.9. The molecule has 0 saturated carbocycles. The number of aliphatic imine (C=N–C) groups is 1. The van der Waals surface area contributed by atoms with Gasteiger partial charge in [-0.25, -0.2) is 9.38 Å². The number of hydrogen-bond acceptors (Lipinski definition) is 3. The first-order chi connectivity index (χ1) is 10.0. The Kier molecular flexibility index (Phi) is 4.80. The summed E-state index contributed by atoms with van der Waals surface area (Å²) in [5.74, 6) is -0.0160. The highest BCUT2D eigenvalue weighted by atomic mass is 35.5. The third kappa shape index (κ3) is 3.72. The zero-order valence-electron chi connectivity index (χ0n) is 11.8. The van der Waals surface area contributed by atoms with Crippen LogP contribution in [0.25, 0.3) is 0 Å². The predicted molar refractivity (Wildman–Crippen MR) is 80.7 cm³/mol. The number of aromatic nitrogens is 2. The number of amidine groups is 1. The molecule has 7 heteroatoms. The summed E-state index contributed by atoms with van der Waals surface area (Å²) >= 11 is 5.53. The van der Waals surface area contributed by atoms with E-state index in [0.29, 0.717) is 5.69 Å². The van der Waals surface area contributed by atoms with Crippen molar-refractivity contribution in [2.75, 3.05) is 5.88 Å². The molecule has 1 aromatic carbocycles. The summed E-state index contributed by atoms with van der Waals surface area (Å²) in [4.78, 5) is 3.97. The zero-order valence-corrected chi connectivity index (χ0v) is 12.6. The fourth-order valence-electron chi connectivity index (χ4n) is 1.71. The van der Waals surface area contributed by atoms with E-state index in [2.05, 4.69) is 10.1 Å². The highest BCUT2D eigenvalue weighted by molar-refractivity contribution is 6.28. The third-order valence-electron chi connectivity index (χ3n) is 3.05. The quantitative estimate of drug-likeness (QED) is 0.524. The van der Waals surface area contributed by atoms with Crippen LogP contribution in [0.1, 0.15) is 11.3 Å². The topological polar surface area (TPSA) is 65.4 Å². The van der Waals surface area contributed by atoms with E-state index in [1.807, 2.05) is 14.0 Å². The van der Waals surface area contributed by atoms with Crippen LogP contribution in [0.3, 0.4) is 0 Å². The molecule has 21 heavy (non-hydrogen) atoms. The molecule has 112 valence electrons. The molecule has 0 atom stereocenters. The van der Waals surface area contributed by atoms with Gasteiger partial charge in [-0.15, -0.1) is 11.6 Å². The van der Waals surface area contributed by atoms with Crippen molar-refractivity contribution in [3.63, 3.8) is 0 Å². The normalized spacial score (nSPS) is 11.7. The van der Waals surface area contributed by atoms with Crippen LogP contribution >= 0.6 is 11.6 Å². The molecule has 0 aliphatic carbocycles. The Balaban J connectivity index is 2.09. The second-order valence-electron chi connectivity index (χ2n) is 4.52. The lowest BCUT2D eigenvalue weighted by molar-refractivity contribution is 0.289. The van der Waals surface area contributed by atoms with Gasteiger partial charge in [0.1, 0.15) is 12.4 Å². The number of hydrogen-bond donors (Lipinski definition) is 1. The monoisotopic (exact) mass is 310 g/mol. The average Bonchev–Trinajstić information content (AvgIpc) is 2.78. The van der Waals surface area contributed by atoms with Crippen molar-refractivity contribution in [3.05, 3.63) is 41.5 Å². The second-order valence-corrected chi connectivity index (χ2v) is 4.79. The van der Waals surface area contributed by atoms with Gasteiger partial charge < -0.3 is 10.5 Å². The Bertz CT molecular complexity index is 669. The van der Waals surface area contributed by atoms with Crippen LogP contribution in [0.4, 0.5) is 10.1 Å². The minimum Gasteiger partial charge on any atom is -0.486 e. The Morgan fingerprint density at radius 2 is 2.29 bits per heavy atom. The maximum Gasteiger partial charge on any atom is 0.167 e. The SMILES string of the molecule is Cc1c(COc2ccc(N=C(N)CCl)cc2F)cnn1C. The van der Waals surface area contributed by atoms with Crippen molar-refractivity contribution in [3.8, 4) is 5.75 Å². The molecule has 0 bridgehead atoms. The first kappa shape index (κ1) is 15.3. The maximum atomic E-state index is 13.9. The summed E-state index contributed by atoms with van der Waals surface area (Å²) < 4.78 is 21.1. The van der Waals surface area contributed by atoms with Crippen molar-refractivity contribution >= 4 is 23.1 Å². The molecule has 1 heterocycles. The second kappa shape index (κ2) is 6.58. The molecular formula is C14H16ClFN4O. The highest BCUT2D eigenvalue weighted by Crippen LogP contribution is 2.24. The molecule has 2 N–H and O–H groups in total. The summed E-state index contributed by atoms with van der Waals surface area (Å²) in [5, 5.41) is 4.11. The van der Waals surface area contributed by atoms with Crippen LogP contribution in [-0.2, 0) is 13.7 Å². The van der Waals surface area contributed by atoms with Crippen LogP contribution < -0.4 is 10.5 Å². The van der Waals surface area contributed by atoms with E-state index in [9.17, 15) is 4.39 Å². The molecule has 0 unspecified atom stereocenters. The van der Waals surface area contributed by atoms with Crippen LogP contribution in [-0.4, -0.2) is 21.5 Å². The summed E-state index contributed by atoms with van der Waals surface area (Å²) in [6, 6.07) is 4.39. The molecule has 0 saturated heterocycles. The lowest BCUT2D eigenvalue weighted by Crippen LogP contribution is -2.12. The van der Waals surface area contributed by atoms with Crippen molar-refractivity contribution in [1.82, 2.24) is 9.78 Å². The highest BCUT2D eigenvalue weighted by Gasteiger charge is 2.08. The van der Waals surface area contributed by atoms with E-state index in [4.69, 9.17) is 22.1 Å². The average molecular weight is 311 g/mol. The van der Waals surface area contributed by atoms with E-state index in [1.54, 1.807) is 16.9 Å². The lowest BCUT2D eigenvalue weighted by atomic mass is 10.2. The molecule has 0 aliphatic heterocycles. The number of halogens is 2. The van der Waals surface area contributed by atoms with E-state index >= 15 is 0 Å². The smallest absolute Gasteiger partial charge is 0.167 e. The number of rotatable bonds is 5. The van der Waals surface area contributed by atoms with Gasteiger partial charge in [0.25, 0.3) is 0 Å². The van der Waals surface area contributed by atoms with Crippen LogP contribution in [0.15, 0.2) is 29.4 Å². The first-order valence-corrected chi connectivity index (χ1v) is 6.83. The molecule has 2 rings (SSSR count). The van der Waals surface area contributed by atoms with Gasteiger partial charge in [-0.1, -0.05) is 0 Å². The molecule has 0 aliphatic rings. The number of aryl methyl sites for hydroxylation is 1. The van der Waals surface area contributed by atoms with Gasteiger partial charge in [0.15, 0.2) is 11.6 Å². The summed E-state index contributed by atoms with van der Waals surface area (Å²) in [6.45, 7) is 2.18. The molecule has 2 aromatic rings. The van der Waals surface area contributed by atoms with Crippen molar-refractivity contribution in [2.24, 2.45) is 17.8 Å². The molecule has 0 spiro atoms. The minimum absolute atomic E-state index is 0.0974. The predicted octanol–water partition coefficient (Wildman–Crippen LogP) is 2.67. The van der Waals surface area contributed by atoms with Gasteiger partial charge in [0, 0.05) is 24.4 Å². The van der Waals surface area contributed by atoms with Gasteiger partial charge >= 0.3 is 0 Å². The molecule has 0 radical (unpaired) electrons. The Labute approximate surface area is 127 Å². The number of nitrogens with zero attached hydrogens (tertiary/aromatic N) is 3. The standard InChI is InChI=1S/C14H16ClFN4O/c1-9-10(7-18-20(9)2)8-21-13-4-3-11(5-12(13)16)19-14(17)6-15/h3-5,7H,6,8H2,1-2H3,(H2,17,19). The van der Waals surface area contributed by atoms with Gasteiger partial charge in [0.05, 0.1) is 17.8 Å². The van der Waals surface area contributed by atoms with Crippen molar-refractivity contribution in [1.29, 1.82) is 0 Å². The van der Waals surface area contributed by atoms with Gasteiger partial charge in [-0.3, -0.25) is 4.68 Å². The van der Waals surface area contributed by atoms with Crippen LogP contribution in [0.2, 0.25) is 0 Å². The first-order valence-electron chi connectivity index (χ1n) is 6.30. The third-order valence-corrected chi connectivity index (χ3v) is 3.32. The number of nitrogens with two attached hydrogens (primary N) is 1. The van der Waals surface area contributed by atoms with Crippen LogP contribution in [0, 0.1) is 12.7 Å². The van der Waals surface area contributed by atoms with Gasteiger partial charge in [-0.05, 0) is 19.1 Å². The van der Waals surface area contributed by atoms with Crippen LogP contribution in [0.5, 0.6) is 5.75 Å². The van der Waals surface area contributed by atoms with E-state index in [0.717, 1.165) is 11.3 Å². The van der Waals surface area contributed by atoms with Crippen molar-refractivity contribution in [2.45, 2.75) is 13.5 Å². The number of ether oxygens (including phenoxy) is 1. The van der Waals surface area contributed by atoms with E-state index in [1.165, 1.54) is 12.1 Å². The number of benzene rings is 1. The number of alkyl halides is 1. The fourth-order valence-corrected chi connectivity index (χ4v) is 1.77. The van der Waals surface area contributed by atoms with E-state index < -0.39 is 5.82 Å². The summed E-state index contributed by atoms with van der Waals surface area (Å²) in [6.07, 6.45) is 1.70. The molecule has 1 aromatic heterocycles. The molecule has 0 fully saturated rings. The fraction of sp³-hybridized carbons (Fsp3) is 0.286. The summed E-state index contributed by atoms with van der Waals surface area (Å²) in [7, 11) is 1.84. The Morgan fingerprint density at radius 3 is 2.86 bits per heavy atom. The van der Waals surface area contributed by atoms with Gasteiger partial charge in [-0.2, -0.15) is 5.10 Å². The Hall–Kier alpha value is -2.08. The Morgan fingerprint density at radius 1 is 1.52 bits per heavy atom. The molecular weight excluding hydrogens is 295 g/mol. The molecule has 0 amide bonds. The van der Waals surface area contributed by atoms with Gasteiger partial charge in [0.2, 0.25) is 0 Å². The molecule has 5 nitrogen and oxygen atoms in total. The largest absolute Gasteiger partial charge is 0.486 e.